The van der Waals surface area contributed by atoms with E-state index >= 15 is 0 Å². The van der Waals surface area contributed by atoms with E-state index in [1.807, 2.05) is 5.63 Å². The largest absolute Gasteiger partial charge is 0.387 e. The van der Waals surface area contributed by atoms with E-state index in [9.17, 15) is 59.5 Å². The summed E-state index contributed by atoms with van der Waals surface area (Å²) in [7, 11) is -0.685. The number of Topliss-reactive ketones (excluding diaryl/α,β-unsaturated/α-hetero) is 1. The first kappa shape index (κ1) is 34.4. The maximum atomic E-state index is 12.6. The van der Waals surface area contributed by atoms with Crippen LogP contribution in [0, 0.1) is 5.63 Å². The topological polar surface area (TPSA) is 311 Å². The van der Waals surface area contributed by atoms with Gasteiger partial charge in [0.15, 0.2) is 6.23 Å². The minimum atomic E-state index is -2.46. The Morgan fingerprint density at radius 3 is 2.58 bits per heavy atom. The minimum Gasteiger partial charge on any atom is -0.387 e. The predicted molar refractivity (Wildman–Crippen MR) is 137 cm³/mol. The smallest absolute Gasteiger partial charge is 0.351 e. The Bertz CT molecular complexity index is 1360. The number of esters is 1. The molecule has 2 saturated heterocycles. The summed E-state index contributed by atoms with van der Waals surface area (Å²) in [6.45, 7) is -1.88. The molecular formula is C23H31N4O15P. The third-order valence-corrected chi connectivity index (χ3v) is 7.07. The third-order valence-electron chi connectivity index (χ3n) is 6.73. The predicted octanol–water partition coefficient (Wildman–Crippen LogP) is -5.37. The summed E-state index contributed by atoms with van der Waals surface area (Å²) in [5.74, 6) is -5.70. The van der Waals surface area contributed by atoms with Crippen molar-refractivity contribution in [2.24, 2.45) is 0 Å². The van der Waals surface area contributed by atoms with Crippen LogP contribution in [0.3, 0.4) is 0 Å². The number of ketones is 1. The molecule has 3 rings (SSSR count). The number of nitrogens with zero attached hydrogens (tertiary/aromatic N) is 2. The van der Waals surface area contributed by atoms with Crippen molar-refractivity contribution in [3.63, 3.8) is 0 Å². The van der Waals surface area contributed by atoms with E-state index < -0.39 is 125 Å². The number of rotatable bonds is 11. The number of carbonyl (C=O) groups excluding carboxylic acids is 3. The normalized spacial score (nSPS) is 31.8. The zero-order chi connectivity index (χ0) is 32.1. The molecule has 2 aliphatic heterocycles. The fraction of sp³-hybridized carbons (Fsp3) is 0.652. The van der Waals surface area contributed by atoms with Crippen LogP contribution in [-0.4, -0.2) is 131 Å². The number of nitrogens with two attached hydrogens (primary N) is 1. The molecule has 2 aliphatic rings. The zero-order valence-corrected chi connectivity index (χ0v) is 23.1. The van der Waals surface area contributed by atoms with Gasteiger partial charge in [-0.1, -0.05) is 0 Å². The summed E-state index contributed by atoms with van der Waals surface area (Å²) >= 11 is 0. The molecule has 1 unspecified atom stereocenters. The average molecular weight is 634 g/mol. The number of aliphatic hydroxyl groups excluding tert-OH is 6. The second-order valence-electron chi connectivity index (χ2n) is 9.83. The standard InChI is InChI=1S/C23H31N4O15P/c24-12-3-4-27(22(37)25-12)20-17(34)15(32)11(41-20)6-40-21(36)18(35)16(33)19-14(10(30)5-23(38,8-28)42-19)26-13(31)2-1-9(29)7-43-39/h3-4,10-11,14-20,28,30,32-35,38H,1-2,5-6,8H2,(H,26,31)(H2,24,25,37)/t10-,11+,14+,15+,16+,17+,18-,19+,20+,23?/m0/s1. The SMILES string of the molecule is Nc1ccn([C@@H]2O[C@H](COC(=O)[C@@H](O)[C@@H](O)[C@@H]3OC(O)(CO)C[C@H](O)[C@H]3NC(=O)CCC(=O)C#P=O)[C@@H](O)[C@H]2O)c(=O)n1. The van der Waals surface area contributed by atoms with Crippen molar-refractivity contribution in [2.75, 3.05) is 18.9 Å². The molecule has 0 aliphatic carbocycles. The molecule has 2 fully saturated rings. The van der Waals surface area contributed by atoms with Crippen LogP contribution in [0.2, 0.25) is 0 Å². The molecule has 238 valence electrons. The first-order valence-electron chi connectivity index (χ1n) is 12.7. The molecule has 1 amide bonds. The molecule has 0 radical (unpaired) electrons. The van der Waals surface area contributed by atoms with E-state index in [1.54, 1.807) is 0 Å². The van der Waals surface area contributed by atoms with Crippen molar-refractivity contribution in [1.82, 2.24) is 14.9 Å². The van der Waals surface area contributed by atoms with Gasteiger partial charge in [0.2, 0.25) is 0 Å². The van der Waals surface area contributed by atoms with Gasteiger partial charge in [-0.15, -0.1) is 0 Å². The van der Waals surface area contributed by atoms with Crippen LogP contribution in [0.4, 0.5) is 5.82 Å². The number of hydrogen-bond donors (Lipinski definition) is 9. The number of aromatic nitrogens is 2. The average Bonchev–Trinajstić information content (AvgIpc) is 3.24. The summed E-state index contributed by atoms with van der Waals surface area (Å²) < 4.78 is 26.8. The molecule has 20 heteroatoms. The van der Waals surface area contributed by atoms with Crippen molar-refractivity contribution in [1.29, 1.82) is 0 Å². The maximum Gasteiger partial charge on any atom is 0.351 e. The molecule has 10 N–H and O–H groups in total. The Morgan fingerprint density at radius 2 is 1.95 bits per heavy atom. The summed E-state index contributed by atoms with van der Waals surface area (Å²) in [6, 6.07) is -0.349. The first-order chi connectivity index (χ1) is 20.2. The second kappa shape index (κ2) is 14.6. The van der Waals surface area contributed by atoms with Gasteiger partial charge in [-0.05, 0) is 6.07 Å². The molecular weight excluding hydrogens is 603 g/mol. The number of ether oxygens (including phenoxy) is 3. The Morgan fingerprint density at radius 1 is 1.26 bits per heavy atom. The molecule has 43 heavy (non-hydrogen) atoms. The van der Waals surface area contributed by atoms with E-state index in [-0.39, 0.29) is 5.82 Å². The van der Waals surface area contributed by atoms with Gasteiger partial charge >= 0.3 is 158 Å². The zero-order valence-electron chi connectivity index (χ0n) is 22.2. The van der Waals surface area contributed by atoms with Gasteiger partial charge in [-0.3, -0.25) is 4.57 Å². The van der Waals surface area contributed by atoms with Crippen molar-refractivity contribution < 1.29 is 68.9 Å². The maximum absolute atomic E-state index is 12.6. The number of aliphatic hydroxyl groups is 7. The Hall–Kier alpha value is -3.06. The van der Waals surface area contributed by atoms with Crippen molar-refractivity contribution >= 4 is 31.4 Å². The molecule has 3 heterocycles. The van der Waals surface area contributed by atoms with Crippen molar-refractivity contribution in [3.05, 3.63) is 22.7 Å². The van der Waals surface area contributed by atoms with Gasteiger partial charge in [0.1, 0.15) is 30.7 Å². The third kappa shape index (κ3) is 8.31. The van der Waals surface area contributed by atoms with Gasteiger partial charge in [0, 0.05) is 6.20 Å². The van der Waals surface area contributed by atoms with Crippen LogP contribution < -0.4 is 16.7 Å². The van der Waals surface area contributed by atoms with E-state index in [0.29, 0.717) is 0 Å². The fourth-order valence-electron chi connectivity index (χ4n) is 4.49. The molecule has 1 aromatic heterocycles. The van der Waals surface area contributed by atoms with Crippen LogP contribution in [0.5, 0.6) is 0 Å². The van der Waals surface area contributed by atoms with Gasteiger partial charge in [0.25, 0.3) is 0 Å². The number of amides is 1. The summed E-state index contributed by atoms with van der Waals surface area (Å²) in [6.07, 6.45) is -15.0. The Balaban J connectivity index is 1.67. The van der Waals surface area contributed by atoms with Crippen LogP contribution in [-0.2, 0) is 33.2 Å². The van der Waals surface area contributed by atoms with Crippen LogP contribution in [0.25, 0.3) is 0 Å². The molecule has 0 spiro atoms. The first-order valence-corrected chi connectivity index (χ1v) is 13.5. The summed E-state index contributed by atoms with van der Waals surface area (Å²) in [5.41, 5.74) is 6.44. The fourth-order valence-corrected chi connectivity index (χ4v) is 4.70. The number of hydrogen-bond acceptors (Lipinski definition) is 17. The molecule has 1 aromatic rings. The van der Waals surface area contributed by atoms with Gasteiger partial charge in [0.05, 0.1) is 0 Å². The van der Waals surface area contributed by atoms with Crippen molar-refractivity contribution in [3.8, 4) is 5.63 Å². The summed E-state index contributed by atoms with van der Waals surface area (Å²) in [4.78, 5) is 52.0. The molecule has 0 saturated carbocycles. The monoisotopic (exact) mass is 634 g/mol. The number of nitrogens with one attached hydrogen (secondary N) is 1. The molecule has 10 atom stereocenters. The number of nitrogen functional groups attached to an aromatic ring is 1. The van der Waals surface area contributed by atoms with Crippen LogP contribution in [0.15, 0.2) is 17.1 Å². The van der Waals surface area contributed by atoms with Crippen LogP contribution >= 0.6 is 7.92 Å². The Labute approximate surface area is 242 Å². The van der Waals surface area contributed by atoms with Gasteiger partial charge in [-0.25, -0.2) is 4.79 Å². The summed E-state index contributed by atoms with van der Waals surface area (Å²) in [5, 5.41) is 74.6. The van der Waals surface area contributed by atoms with E-state index in [1.165, 1.54) is 6.07 Å². The van der Waals surface area contributed by atoms with Gasteiger partial charge in [-0.2, -0.15) is 4.98 Å². The second-order valence-corrected chi connectivity index (χ2v) is 10.2. The number of anilines is 1. The Kier molecular flexibility index (Phi) is 11.7. The van der Waals surface area contributed by atoms with Crippen molar-refractivity contribution in [2.45, 2.75) is 80.0 Å². The molecule has 0 aromatic carbocycles. The van der Waals surface area contributed by atoms with Crippen LogP contribution in [0.1, 0.15) is 25.5 Å². The van der Waals surface area contributed by atoms with E-state index in [2.05, 4.69) is 10.3 Å². The van der Waals surface area contributed by atoms with E-state index in [0.717, 1.165) is 10.8 Å². The number of carbonyl (C=O) groups is 3. The quantitative estimate of drug-likeness (QED) is 0.0810. The molecule has 19 nitrogen and oxygen atoms in total. The van der Waals surface area contributed by atoms with Gasteiger partial charge < -0.3 is 20.7 Å². The van der Waals surface area contributed by atoms with E-state index in [4.69, 9.17) is 19.9 Å². The molecule has 0 bridgehead atoms. The minimum absolute atomic E-state index is 0.107.